The third-order valence-electron chi connectivity index (χ3n) is 5.39. The van der Waals surface area contributed by atoms with Crippen LogP contribution in [0.3, 0.4) is 0 Å². The number of nitrogens with zero attached hydrogens (tertiary/aromatic N) is 3. The van der Waals surface area contributed by atoms with Gasteiger partial charge >= 0.3 is 11.8 Å². The molecular formula is C22H25N5O2. The summed E-state index contributed by atoms with van der Waals surface area (Å²) in [5.74, 6) is -0.270. The van der Waals surface area contributed by atoms with Crippen LogP contribution in [0.25, 0.3) is 10.8 Å². The van der Waals surface area contributed by atoms with Crippen LogP contribution in [0.1, 0.15) is 12.0 Å². The summed E-state index contributed by atoms with van der Waals surface area (Å²) in [6.07, 6.45) is 2.65. The topological polar surface area (TPSA) is 79.3 Å². The number of benzene rings is 2. The zero-order valence-electron chi connectivity index (χ0n) is 16.5. The highest BCUT2D eigenvalue weighted by atomic mass is 16.2. The number of fused-ring (bicyclic) bond motifs is 1. The Bertz CT molecular complexity index is 1020. The Labute approximate surface area is 169 Å². The number of rotatable bonds is 5. The Morgan fingerprint density at radius 3 is 2.86 bits per heavy atom. The fraction of sp³-hybridized carbons (Fsp3) is 0.318. The van der Waals surface area contributed by atoms with Gasteiger partial charge in [0.15, 0.2) is 0 Å². The molecule has 150 valence electrons. The molecule has 1 aliphatic rings. The fourth-order valence-electron chi connectivity index (χ4n) is 3.84. The molecule has 4 rings (SSSR count). The molecule has 1 aromatic heterocycles. The van der Waals surface area contributed by atoms with E-state index in [1.54, 1.807) is 24.0 Å². The Kier molecular flexibility index (Phi) is 5.57. The van der Waals surface area contributed by atoms with Gasteiger partial charge in [-0.2, -0.15) is 5.10 Å². The first-order valence-corrected chi connectivity index (χ1v) is 9.87. The maximum absolute atomic E-state index is 12.5. The van der Waals surface area contributed by atoms with Crippen LogP contribution in [0, 0.1) is 5.92 Å². The summed E-state index contributed by atoms with van der Waals surface area (Å²) in [6, 6.07) is 16.0. The lowest BCUT2D eigenvalue weighted by molar-refractivity contribution is -0.142. The summed E-state index contributed by atoms with van der Waals surface area (Å²) in [4.78, 5) is 26.4. The van der Waals surface area contributed by atoms with E-state index < -0.39 is 11.8 Å². The number of carbonyl (C=O) groups excluding carboxylic acids is 2. The lowest BCUT2D eigenvalue weighted by Gasteiger charge is -2.20. The summed E-state index contributed by atoms with van der Waals surface area (Å²) in [7, 11) is 1.67. The van der Waals surface area contributed by atoms with Gasteiger partial charge in [-0.25, -0.2) is 4.68 Å². The van der Waals surface area contributed by atoms with Crippen LogP contribution >= 0.6 is 0 Å². The second-order valence-electron chi connectivity index (χ2n) is 7.51. The first kappa shape index (κ1) is 19.1. The zero-order chi connectivity index (χ0) is 20.2. The van der Waals surface area contributed by atoms with E-state index in [1.165, 1.54) is 4.90 Å². The van der Waals surface area contributed by atoms with Crippen molar-refractivity contribution in [1.29, 1.82) is 0 Å². The van der Waals surface area contributed by atoms with E-state index in [4.69, 9.17) is 0 Å². The van der Waals surface area contributed by atoms with Crippen molar-refractivity contribution < 1.29 is 9.59 Å². The van der Waals surface area contributed by atoms with E-state index in [9.17, 15) is 9.59 Å². The molecule has 1 saturated heterocycles. The number of carbonyl (C=O) groups is 2. The minimum absolute atomic E-state index is 0.397. The Hall–Kier alpha value is -3.19. The second-order valence-corrected chi connectivity index (χ2v) is 7.51. The molecule has 3 aromatic rings. The number of hydrogen-bond donors (Lipinski definition) is 2. The van der Waals surface area contributed by atoms with Crippen LogP contribution in [-0.2, 0) is 16.1 Å². The normalized spacial score (nSPS) is 16.1. The predicted octanol–water partition coefficient (Wildman–Crippen LogP) is 2.09. The zero-order valence-corrected chi connectivity index (χ0v) is 16.5. The van der Waals surface area contributed by atoms with Crippen LogP contribution in [0.15, 0.2) is 54.7 Å². The average molecular weight is 391 g/mol. The maximum Gasteiger partial charge on any atom is 0.315 e. The molecule has 1 aliphatic heterocycles. The highest BCUT2D eigenvalue weighted by molar-refractivity contribution is 6.39. The van der Waals surface area contributed by atoms with Gasteiger partial charge in [-0.15, -0.1) is 0 Å². The van der Waals surface area contributed by atoms with Gasteiger partial charge in [0.1, 0.15) is 5.82 Å². The molecule has 7 heteroatoms. The summed E-state index contributed by atoms with van der Waals surface area (Å²) in [6.45, 7) is 2.93. The van der Waals surface area contributed by atoms with Crippen molar-refractivity contribution in [3.8, 4) is 0 Å². The minimum Gasteiger partial charge on any atom is -0.337 e. The van der Waals surface area contributed by atoms with Crippen molar-refractivity contribution in [2.45, 2.75) is 13.0 Å². The second kappa shape index (κ2) is 8.45. The summed E-state index contributed by atoms with van der Waals surface area (Å²) < 4.78 is 1.70. The van der Waals surface area contributed by atoms with E-state index in [1.807, 2.05) is 24.3 Å². The van der Waals surface area contributed by atoms with Gasteiger partial charge in [0.05, 0.1) is 12.7 Å². The molecule has 2 aromatic carbocycles. The number of likely N-dealkylation sites (N-methyl/N-ethyl adjacent to an activating group) is 1. The number of aromatic nitrogens is 2. The van der Waals surface area contributed by atoms with Crippen molar-refractivity contribution in [1.82, 2.24) is 20.0 Å². The van der Waals surface area contributed by atoms with E-state index in [2.05, 4.69) is 33.9 Å². The third kappa shape index (κ3) is 4.30. The molecule has 0 saturated carbocycles. The smallest absolute Gasteiger partial charge is 0.315 e. The third-order valence-corrected chi connectivity index (χ3v) is 5.39. The van der Waals surface area contributed by atoms with Gasteiger partial charge in [-0.05, 0) is 41.8 Å². The molecule has 2 heterocycles. The van der Waals surface area contributed by atoms with Gasteiger partial charge in [0.2, 0.25) is 0 Å². The standard InChI is InChI=1S/C22H25N5O2/c1-26(14-16-9-11-23-13-16)22(29)21(28)25-20-10-12-24-27(20)15-18-7-4-6-17-5-2-3-8-19(17)18/h2-8,10,12,16,23H,9,11,13-15H2,1H3,(H,25,28). The fourth-order valence-corrected chi connectivity index (χ4v) is 3.84. The van der Waals surface area contributed by atoms with E-state index in [0.29, 0.717) is 24.8 Å². The van der Waals surface area contributed by atoms with E-state index in [0.717, 1.165) is 35.8 Å². The first-order valence-electron chi connectivity index (χ1n) is 9.87. The first-order chi connectivity index (χ1) is 14.1. The molecule has 7 nitrogen and oxygen atoms in total. The summed E-state index contributed by atoms with van der Waals surface area (Å²) >= 11 is 0. The van der Waals surface area contributed by atoms with E-state index in [-0.39, 0.29) is 0 Å². The van der Waals surface area contributed by atoms with Crippen molar-refractivity contribution >= 4 is 28.4 Å². The molecule has 2 N–H and O–H groups in total. The molecule has 1 atom stereocenters. The molecule has 0 spiro atoms. The molecule has 2 amide bonds. The molecule has 0 bridgehead atoms. The van der Waals surface area contributed by atoms with Crippen LogP contribution in [-0.4, -0.2) is 53.2 Å². The van der Waals surface area contributed by atoms with Crippen LogP contribution in [0.2, 0.25) is 0 Å². The van der Waals surface area contributed by atoms with Gasteiger partial charge < -0.3 is 15.5 Å². The summed E-state index contributed by atoms with van der Waals surface area (Å²) in [5.41, 5.74) is 1.10. The molecule has 1 fully saturated rings. The summed E-state index contributed by atoms with van der Waals surface area (Å²) in [5, 5.41) is 12.6. The van der Waals surface area contributed by atoms with Crippen molar-refractivity contribution in [3.05, 3.63) is 60.3 Å². The highest BCUT2D eigenvalue weighted by Crippen LogP contribution is 2.20. The number of amides is 2. The monoisotopic (exact) mass is 391 g/mol. The van der Waals surface area contributed by atoms with Crippen molar-refractivity contribution in [2.24, 2.45) is 5.92 Å². The lowest BCUT2D eigenvalue weighted by Crippen LogP contribution is -2.40. The van der Waals surface area contributed by atoms with Crippen LogP contribution in [0.4, 0.5) is 5.82 Å². The average Bonchev–Trinajstić information content (AvgIpc) is 3.40. The molecule has 0 aliphatic carbocycles. The van der Waals surface area contributed by atoms with Gasteiger partial charge in [0, 0.05) is 19.7 Å². The SMILES string of the molecule is CN(CC1CCNC1)C(=O)C(=O)Nc1ccnn1Cc1cccc2ccccc12. The largest absolute Gasteiger partial charge is 0.337 e. The Morgan fingerprint density at radius 1 is 1.21 bits per heavy atom. The lowest BCUT2D eigenvalue weighted by atomic mass is 10.0. The quantitative estimate of drug-likeness (QED) is 0.653. The number of hydrogen-bond acceptors (Lipinski definition) is 4. The Morgan fingerprint density at radius 2 is 2.03 bits per heavy atom. The van der Waals surface area contributed by atoms with Crippen LogP contribution in [0.5, 0.6) is 0 Å². The minimum atomic E-state index is -0.641. The highest BCUT2D eigenvalue weighted by Gasteiger charge is 2.24. The molecular weight excluding hydrogens is 366 g/mol. The van der Waals surface area contributed by atoms with Crippen molar-refractivity contribution in [3.63, 3.8) is 0 Å². The number of nitrogens with one attached hydrogen (secondary N) is 2. The molecule has 29 heavy (non-hydrogen) atoms. The van der Waals surface area contributed by atoms with Gasteiger partial charge in [0.25, 0.3) is 0 Å². The van der Waals surface area contributed by atoms with Gasteiger partial charge in [-0.1, -0.05) is 42.5 Å². The van der Waals surface area contributed by atoms with Crippen molar-refractivity contribution in [2.75, 3.05) is 32.0 Å². The molecule has 1 unspecified atom stereocenters. The Balaban J connectivity index is 1.45. The number of anilines is 1. The van der Waals surface area contributed by atoms with E-state index >= 15 is 0 Å². The predicted molar refractivity (Wildman–Crippen MR) is 113 cm³/mol. The maximum atomic E-state index is 12.5. The van der Waals surface area contributed by atoms with Crippen LogP contribution < -0.4 is 10.6 Å². The van der Waals surface area contributed by atoms with Gasteiger partial charge in [-0.3, -0.25) is 9.59 Å². The molecule has 0 radical (unpaired) electrons.